The SMILES string of the molecule is CCCCCCCCN1C=C(N)N(C)C1N. The van der Waals surface area contributed by atoms with E-state index in [9.17, 15) is 0 Å². The van der Waals surface area contributed by atoms with Crippen molar-refractivity contribution in [1.29, 1.82) is 0 Å². The molecule has 0 bridgehead atoms. The first-order chi connectivity index (χ1) is 7.66. The van der Waals surface area contributed by atoms with Gasteiger partial charge in [-0.3, -0.25) is 5.73 Å². The smallest absolute Gasteiger partial charge is 0.155 e. The Morgan fingerprint density at radius 3 is 2.38 bits per heavy atom. The van der Waals surface area contributed by atoms with Gasteiger partial charge < -0.3 is 15.5 Å². The van der Waals surface area contributed by atoms with Crippen molar-refractivity contribution in [1.82, 2.24) is 9.80 Å². The number of hydrogen-bond acceptors (Lipinski definition) is 4. The average molecular weight is 226 g/mol. The van der Waals surface area contributed by atoms with Gasteiger partial charge in [0.25, 0.3) is 0 Å². The van der Waals surface area contributed by atoms with Crippen LogP contribution >= 0.6 is 0 Å². The molecule has 4 heteroatoms. The van der Waals surface area contributed by atoms with E-state index in [-0.39, 0.29) is 6.29 Å². The molecule has 1 unspecified atom stereocenters. The minimum Gasteiger partial charge on any atom is -0.384 e. The predicted molar refractivity (Wildman–Crippen MR) is 68.1 cm³/mol. The van der Waals surface area contributed by atoms with Crippen molar-refractivity contribution < 1.29 is 0 Å². The third-order valence-electron chi connectivity index (χ3n) is 3.21. The second-order valence-corrected chi connectivity index (χ2v) is 4.58. The number of rotatable bonds is 7. The minimum atomic E-state index is -0.0735. The van der Waals surface area contributed by atoms with Crippen LogP contribution in [0.5, 0.6) is 0 Å². The second kappa shape index (κ2) is 6.63. The van der Waals surface area contributed by atoms with Crippen molar-refractivity contribution in [2.24, 2.45) is 11.5 Å². The summed E-state index contributed by atoms with van der Waals surface area (Å²) >= 11 is 0. The first-order valence-electron chi connectivity index (χ1n) is 6.38. The molecule has 1 aliphatic rings. The van der Waals surface area contributed by atoms with Gasteiger partial charge in [-0.2, -0.15) is 0 Å². The van der Waals surface area contributed by atoms with Crippen molar-refractivity contribution in [3.8, 4) is 0 Å². The molecule has 0 fully saturated rings. The highest BCUT2D eigenvalue weighted by molar-refractivity contribution is 5.03. The zero-order valence-electron chi connectivity index (χ0n) is 10.7. The van der Waals surface area contributed by atoms with E-state index in [0.29, 0.717) is 0 Å². The molecule has 1 aliphatic heterocycles. The van der Waals surface area contributed by atoms with Crippen LogP contribution in [0.15, 0.2) is 12.0 Å². The van der Waals surface area contributed by atoms with Crippen molar-refractivity contribution in [2.75, 3.05) is 13.6 Å². The highest BCUT2D eigenvalue weighted by Gasteiger charge is 2.23. The summed E-state index contributed by atoms with van der Waals surface area (Å²) in [4.78, 5) is 4.02. The monoisotopic (exact) mass is 226 g/mol. The Balaban J connectivity index is 2.10. The minimum absolute atomic E-state index is 0.0735. The Kier molecular flexibility index (Phi) is 5.46. The van der Waals surface area contributed by atoms with Gasteiger partial charge in [-0.25, -0.2) is 0 Å². The van der Waals surface area contributed by atoms with E-state index in [2.05, 4.69) is 11.8 Å². The molecule has 16 heavy (non-hydrogen) atoms. The van der Waals surface area contributed by atoms with Gasteiger partial charge in [0.2, 0.25) is 0 Å². The van der Waals surface area contributed by atoms with Gasteiger partial charge in [-0.1, -0.05) is 39.0 Å². The lowest BCUT2D eigenvalue weighted by Gasteiger charge is -2.26. The molecule has 1 rings (SSSR count). The molecule has 0 saturated heterocycles. The summed E-state index contributed by atoms with van der Waals surface area (Å²) in [6.45, 7) is 3.25. The van der Waals surface area contributed by atoms with Crippen LogP contribution in [0.25, 0.3) is 0 Å². The van der Waals surface area contributed by atoms with Gasteiger partial charge in [0.15, 0.2) is 6.29 Å². The van der Waals surface area contributed by atoms with Crippen LogP contribution in [0.2, 0.25) is 0 Å². The summed E-state index contributed by atoms with van der Waals surface area (Å²) in [6, 6.07) is 0. The van der Waals surface area contributed by atoms with Crippen LogP contribution in [0.1, 0.15) is 45.4 Å². The van der Waals surface area contributed by atoms with E-state index in [1.54, 1.807) is 0 Å². The Bertz CT molecular complexity index is 227. The molecule has 0 aliphatic carbocycles. The summed E-state index contributed by atoms with van der Waals surface area (Å²) in [5, 5.41) is 0. The van der Waals surface area contributed by atoms with Gasteiger partial charge in [0.1, 0.15) is 5.82 Å². The van der Waals surface area contributed by atoms with E-state index >= 15 is 0 Å². The Hall–Kier alpha value is -0.900. The lowest BCUT2D eigenvalue weighted by molar-refractivity contribution is 0.172. The van der Waals surface area contributed by atoms with Crippen molar-refractivity contribution in [2.45, 2.75) is 51.7 Å². The van der Waals surface area contributed by atoms with Crippen molar-refractivity contribution in [3.63, 3.8) is 0 Å². The maximum atomic E-state index is 6.00. The Morgan fingerprint density at radius 2 is 1.81 bits per heavy atom. The Labute approximate surface area is 99.3 Å². The van der Waals surface area contributed by atoms with Gasteiger partial charge >= 0.3 is 0 Å². The average Bonchev–Trinajstić information content (AvgIpc) is 2.51. The lowest BCUT2D eigenvalue weighted by atomic mass is 10.1. The molecule has 0 aromatic heterocycles. The summed E-state index contributed by atoms with van der Waals surface area (Å²) in [5.41, 5.74) is 11.8. The quantitative estimate of drug-likeness (QED) is 0.647. The van der Waals surface area contributed by atoms with E-state index in [1.807, 2.05) is 18.1 Å². The normalized spacial score (nSPS) is 20.4. The predicted octanol–water partition coefficient (Wildman–Crippen LogP) is 1.59. The van der Waals surface area contributed by atoms with Crippen LogP contribution < -0.4 is 11.5 Å². The summed E-state index contributed by atoms with van der Waals surface area (Å²) in [6.07, 6.45) is 9.74. The summed E-state index contributed by atoms with van der Waals surface area (Å²) < 4.78 is 0. The molecule has 4 nitrogen and oxygen atoms in total. The molecule has 0 aromatic rings. The van der Waals surface area contributed by atoms with Gasteiger partial charge in [0, 0.05) is 19.8 Å². The first-order valence-corrected chi connectivity index (χ1v) is 6.38. The zero-order chi connectivity index (χ0) is 12.0. The molecule has 4 N–H and O–H groups in total. The van der Waals surface area contributed by atoms with Crippen LogP contribution in [0, 0.1) is 0 Å². The highest BCUT2D eigenvalue weighted by atomic mass is 15.5. The number of nitrogens with zero attached hydrogens (tertiary/aromatic N) is 2. The van der Waals surface area contributed by atoms with Crippen molar-refractivity contribution >= 4 is 0 Å². The fraction of sp³-hybridized carbons (Fsp3) is 0.833. The second-order valence-electron chi connectivity index (χ2n) is 4.58. The first kappa shape index (κ1) is 13.2. The topological polar surface area (TPSA) is 58.5 Å². The molecule has 94 valence electrons. The molecule has 0 aromatic carbocycles. The number of nitrogens with two attached hydrogens (primary N) is 2. The lowest BCUT2D eigenvalue weighted by Crippen LogP contribution is -2.45. The van der Waals surface area contributed by atoms with E-state index < -0.39 is 0 Å². The molecule has 1 heterocycles. The summed E-state index contributed by atoms with van der Waals surface area (Å²) in [7, 11) is 1.93. The number of hydrogen-bond donors (Lipinski definition) is 2. The van der Waals surface area contributed by atoms with Gasteiger partial charge in [0.05, 0.1) is 0 Å². The van der Waals surface area contributed by atoms with Crippen LogP contribution in [-0.4, -0.2) is 29.7 Å². The molecule has 0 amide bonds. The molecule has 0 radical (unpaired) electrons. The maximum absolute atomic E-state index is 6.00. The maximum Gasteiger partial charge on any atom is 0.155 e. The van der Waals surface area contributed by atoms with E-state index in [1.165, 1.54) is 38.5 Å². The Morgan fingerprint density at radius 1 is 1.19 bits per heavy atom. The fourth-order valence-electron chi connectivity index (χ4n) is 1.98. The zero-order valence-corrected chi connectivity index (χ0v) is 10.7. The third-order valence-corrected chi connectivity index (χ3v) is 3.21. The molecule has 0 spiro atoms. The fourth-order valence-corrected chi connectivity index (χ4v) is 1.98. The molecular formula is C12H26N4. The van der Waals surface area contributed by atoms with Crippen LogP contribution in [0.3, 0.4) is 0 Å². The largest absolute Gasteiger partial charge is 0.384 e. The van der Waals surface area contributed by atoms with Crippen molar-refractivity contribution in [3.05, 3.63) is 12.0 Å². The van der Waals surface area contributed by atoms with E-state index in [0.717, 1.165) is 12.4 Å². The molecular weight excluding hydrogens is 200 g/mol. The highest BCUT2D eigenvalue weighted by Crippen LogP contribution is 2.15. The number of unbranched alkanes of at least 4 members (excludes halogenated alkanes) is 5. The standard InChI is InChI=1S/C12H26N4/c1-3-4-5-6-7-8-9-16-10-11(13)15(2)12(16)14/h10,12H,3-9,13-14H2,1-2H3. The van der Waals surface area contributed by atoms with Crippen LogP contribution in [-0.2, 0) is 0 Å². The van der Waals surface area contributed by atoms with Crippen LogP contribution in [0.4, 0.5) is 0 Å². The van der Waals surface area contributed by atoms with E-state index in [4.69, 9.17) is 11.5 Å². The molecule has 0 saturated carbocycles. The van der Waals surface area contributed by atoms with Gasteiger partial charge in [-0.15, -0.1) is 0 Å². The summed E-state index contributed by atoms with van der Waals surface area (Å²) in [5.74, 6) is 0.762. The van der Waals surface area contributed by atoms with Gasteiger partial charge in [-0.05, 0) is 6.42 Å². The molecule has 1 atom stereocenters. The third kappa shape index (κ3) is 3.59.